The smallest absolute Gasteiger partial charge is 0.132 e. The molecule has 0 amide bonds. The Labute approximate surface area is 158 Å². The molecule has 0 radical (unpaired) electrons. The molecule has 3 nitrogen and oxygen atoms in total. The van der Waals surface area contributed by atoms with Crippen molar-refractivity contribution < 1.29 is 9.47 Å². The van der Waals surface area contributed by atoms with Gasteiger partial charge in [0, 0.05) is 0 Å². The first-order valence-electron chi connectivity index (χ1n) is 8.49. The fraction of sp³-hybridized carbons (Fsp3) is 0.286. The number of nitrogens with zero attached hydrogens (tertiary/aromatic N) is 1. The summed E-state index contributed by atoms with van der Waals surface area (Å²) < 4.78 is 12.8. The molecule has 0 fully saturated rings. The van der Waals surface area contributed by atoms with E-state index in [1.54, 1.807) is 0 Å². The van der Waals surface area contributed by atoms with Crippen LogP contribution in [0.3, 0.4) is 0 Å². The minimum atomic E-state index is 0.632. The van der Waals surface area contributed by atoms with E-state index in [-0.39, 0.29) is 0 Å². The number of halogens is 1. The van der Waals surface area contributed by atoms with E-state index in [0.717, 1.165) is 53.0 Å². The van der Waals surface area contributed by atoms with E-state index < -0.39 is 0 Å². The highest BCUT2D eigenvalue weighted by molar-refractivity contribution is 9.10. The molecule has 0 aliphatic carbocycles. The Morgan fingerprint density at radius 3 is 1.96 bits per heavy atom. The van der Waals surface area contributed by atoms with Crippen molar-refractivity contribution in [3.8, 4) is 22.8 Å². The molecule has 0 saturated carbocycles. The van der Waals surface area contributed by atoms with E-state index in [1.807, 2.05) is 48.6 Å². The summed E-state index contributed by atoms with van der Waals surface area (Å²) in [7, 11) is 0. The standard InChI is InChI=1S/C21H24BrNO2/c1-3-5-7-15-24-18-12-10-13-19(25-16-8-6-4-2)21(18)17-11-9-14-20(22)23-17/h3-4,9-14H,1-2,5-8,15-16H2. The molecule has 0 aliphatic rings. The first-order valence-corrected chi connectivity index (χ1v) is 9.29. The van der Waals surface area contributed by atoms with Gasteiger partial charge in [0.05, 0.1) is 24.5 Å². The van der Waals surface area contributed by atoms with Gasteiger partial charge in [-0.15, -0.1) is 13.2 Å². The van der Waals surface area contributed by atoms with E-state index >= 15 is 0 Å². The average Bonchev–Trinajstić information content (AvgIpc) is 2.62. The van der Waals surface area contributed by atoms with Crippen LogP contribution in [0.4, 0.5) is 0 Å². The molecule has 2 rings (SSSR count). The summed E-state index contributed by atoms with van der Waals surface area (Å²) in [5.74, 6) is 1.58. The molecule has 0 atom stereocenters. The molecule has 2 aromatic rings. The Balaban J connectivity index is 2.27. The summed E-state index contributed by atoms with van der Waals surface area (Å²) in [4.78, 5) is 4.58. The summed E-state index contributed by atoms with van der Waals surface area (Å²) in [6, 6.07) is 11.7. The lowest BCUT2D eigenvalue weighted by Crippen LogP contribution is -2.03. The van der Waals surface area contributed by atoms with Gasteiger partial charge in [0.15, 0.2) is 0 Å². The first-order chi connectivity index (χ1) is 12.3. The van der Waals surface area contributed by atoms with Gasteiger partial charge in [-0.25, -0.2) is 4.98 Å². The Hall–Kier alpha value is -2.07. The van der Waals surface area contributed by atoms with Crippen molar-refractivity contribution in [2.24, 2.45) is 0 Å². The molecule has 0 aliphatic heterocycles. The predicted octanol–water partition coefficient (Wildman–Crippen LogP) is 6.20. The van der Waals surface area contributed by atoms with Crippen molar-refractivity contribution in [2.75, 3.05) is 13.2 Å². The van der Waals surface area contributed by atoms with Crippen LogP contribution in [0.2, 0.25) is 0 Å². The van der Waals surface area contributed by atoms with Crippen molar-refractivity contribution in [3.05, 3.63) is 66.3 Å². The van der Waals surface area contributed by atoms with Gasteiger partial charge in [0.25, 0.3) is 0 Å². The van der Waals surface area contributed by atoms with Crippen molar-refractivity contribution in [1.29, 1.82) is 0 Å². The Morgan fingerprint density at radius 2 is 1.44 bits per heavy atom. The molecule has 1 heterocycles. The minimum absolute atomic E-state index is 0.632. The molecular formula is C21H24BrNO2. The van der Waals surface area contributed by atoms with Crippen LogP contribution >= 0.6 is 15.9 Å². The fourth-order valence-corrected chi connectivity index (χ4v) is 2.71. The van der Waals surface area contributed by atoms with Crippen LogP contribution in [0.15, 0.2) is 66.3 Å². The summed E-state index contributed by atoms with van der Waals surface area (Å²) in [5, 5.41) is 0. The van der Waals surface area contributed by atoms with Crippen molar-refractivity contribution in [2.45, 2.75) is 25.7 Å². The number of aromatic nitrogens is 1. The zero-order valence-corrected chi connectivity index (χ0v) is 16.0. The van der Waals surface area contributed by atoms with Crippen LogP contribution in [0, 0.1) is 0 Å². The number of ether oxygens (including phenoxy) is 2. The Bertz CT molecular complexity index is 666. The minimum Gasteiger partial charge on any atom is -0.493 e. The second-order valence-corrected chi connectivity index (χ2v) is 6.35. The third kappa shape index (κ3) is 6.05. The van der Waals surface area contributed by atoms with Gasteiger partial charge >= 0.3 is 0 Å². The quantitative estimate of drug-likeness (QED) is 0.255. The van der Waals surface area contributed by atoms with E-state index in [9.17, 15) is 0 Å². The second-order valence-electron chi connectivity index (χ2n) is 5.53. The molecule has 0 spiro atoms. The number of hydrogen-bond donors (Lipinski definition) is 0. The number of benzene rings is 1. The van der Waals surface area contributed by atoms with Gasteiger partial charge in [-0.2, -0.15) is 0 Å². The molecule has 1 aromatic carbocycles. The summed E-state index contributed by atoms with van der Waals surface area (Å²) in [6.45, 7) is 8.75. The number of rotatable bonds is 11. The van der Waals surface area contributed by atoms with Crippen LogP contribution in [-0.4, -0.2) is 18.2 Å². The summed E-state index contributed by atoms with van der Waals surface area (Å²) in [6.07, 6.45) is 7.53. The zero-order valence-electron chi connectivity index (χ0n) is 14.4. The van der Waals surface area contributed by atoms with Crippen LogP contribution in [0.1, 0.15) is 25.7 Å². The Morgan fingerprint density at radius 1 is 0.880 bits per heavy atom. The number of allylic oxidation sites excluding steroid dienone is 2. The van der Waals surface area contributed by atoms with Gasteiger partial charge < -0.3 is 9.47 Å². The van der Waals surface area contributed by atoms with Gasteiger partial charge in [-0.3, -0.25) is 0 Å². The maximum absolute atomic E-state index is 6.00. The Kier molecular flexibility index (Phi) is 8.26. The third-order valence-corrected chi connectivity index (χ3v) is 4.02. The van der Waals surface area contributed by atoms with Crippen LogP contribution in [-0.2, 0) is 0 Å². The van der Waals surface area contributed by atoms with E-state index in [2.05, 4.69) is 34.1 Å². The maximum atomic E-state index is 6.00. The van der Waals surface area contributed by atoms with Gasteiger partial charge in [-0.05, 0) is 65.9 Å². The maximum Gasteiger partial charge on any atom is 0.132 e. The fourth-order valence-electron chi connectivity index (χ4n) is 2.37. The third-order valence-electron chi connectivity index (χ3n) is 3.58. The second kappa shape index (κ2) is 10.7. The lowest BCUT2D eigenvalue weighted by molar-refractivity contribution is 0.299. The molecular weight excluding hydrogens is 378 g/mol. The van der Waals surface area contributed by atoms with Gasteiger partial charge in [-0.1, -0.05) is 24.3 Å². The van der Waals surface area contributed by atoms with Gasteiger partial charge in [0.1, 0.15) is 16.1 Å². The molecule has 0 unspecified atom stereocenters. The highest BCUT2D eigenvalue weighted by atomic mass is 79.9. The summed E-state index contributed by atoms with van der Waals surface area (Å²) in [5.41, 5.74) is 1.72. The molecule has 1 aromatic heterocycles. The van der Waals surface area contributed by atoms with Crippen LogP contribution < -0.4 is 9.47 Å². The summed E-state index contributed by atoms with van der Waals surface area (Å²) >= 11 is 3.44. The van der Waals surface area contributed by atoms with E-state index in [4.69, 9.17) is 9.47 Å². The average molecular weight is 402 g/mol. The monoisotopic (exact) mass is 401 g/mol. The van der Waals surface area contributed by atoms with Gasteiger partial charge in [0.2, 0.25) is 0 Å². The first kappa shape index (κ1) is 19.3. The van der Waals surface area contributed by atoms with E-state index in [1.165, 1.54) is 0 Å². The molecule has 132 valence electrons. The topological polar surface area (TPSA) is 31.4 Å². The lowest BCUT2D eigenvalue weighted by Gasteiger charge is -2.16. The van der Waals surface area contributed by atoms with E-state index in [0.29, 0.717) is 13.2 Å². The van der Waals surface area contributed by atoms with Crippen molar-refractivity contribution in [3.63, 3.8) is 0 Å². The largest absolute Gasteiger partial charge is 0.493 e. The number of pyridine rings is 1. The zero-order chi connectivity index (χ0) is 17.9. The normalized spacial score (nSPS) is 10.3. The van der Waals surface area contributed by atoms with Crippen molar-refractivity contribution >= 4 is 15.9 Å². The number of hydrogen-bond acceptors (Lipinski definition) is 3. The molecule has 0 saturated heterocycles. The SMILES string of the molecule is C=CCCCOc1cccc(OCCCC=C)c1-c1cccc(Br)n1. The van der Waals surface area contributed by atoms with Crippen LogP contribution in [0.5, 0.6) is 11.5 Å². The number of unbranched alkanes of at least 4 members (excludes halogenated alkanes) is 2. The molecule has 25 heavy (non-hydrogen) atoms. The molecule has 0 N–H and O–H groups in total. The highest BCUT2D eigenvalue weighted by Gasteiger charge is 2.15. The lowest BCUT2D eigenvalue weighted by atomic mass is 10.1. The van der Waals surface area contributed by atoms with Crippen molar-refractivity contribution in [1.82, 2.24) is 4.98 Å². The van der Waals surface area contributed by atoms with Crippen LogP contribution in [0.25, 0.3) is 11.3 Å². The predicted molar refractivity (Wildman–Crippen MR) is 107 cm³/mol. The molecule has 4 heteroatoms. The highest BCUT2D eigenvalue weighted by Crippen LogP contribution is 2.38. The molecule has 0 bridgehead atoms.